The molecule has 0 aromatic rings. The van der Waals surface area contributed by atoms with E-state index in [1.807, 2.05) is 0 Å². The second kappa shape index (κ2) is 3.53. The second-order valence-corrected chi connectivity index (χ2v) is 3.19. The van der Waals surface area contributed by atoms with Crippen LogP contribution in [-0.2, 0) is 4.79 Å². The highest BCUT2D eigenvalue weighted by Gasteiger charge is 2.35. The summed E-state index contributed by atoms with van der Waals surface area (Å²) in [5.41, 5.74) is 5.44. The Hall–Kier alpha value is -0.780. The first-order valence-corrected chi connectivity index (χ1v) is 3.98. The zero-order chi connectivity index (χ0) is 10.1. The summed E-state index contributed by atoms with van der Waals surface area (Å²) < 4.78 is 35.7. The van der Waals surface area contributed by atoms with Crippen molar-refractivity contribution in [2.24, 2.45) is 5.73 Å². The van der Waals surface area contributed by atoms with E-state index in [1.54, 1.807) is 0 Å². The molecular formula is C7H11F3N2O. The van der Waals surface area contributed by atoms with Gasteiger partial charge in [0.05, 0.1) is 0 Å². The maximum Gasteiger partial charge on any atom is 0.406 e. The van der Waals surface area contributed by atoms with Crippen molar-refractivity contribution in [1.82, 2.24) is 4.90 Å². The van der Waals surface area contributed by atoms with Gasteiger partial charge in [0.2, 0.25) is 5.91 Å². The monoisotopic (exact) mass is 196 g/mol. The predicted octanol–water partition coefficient (Wildman–Crippen LogP) is 0.498. The number of alkyl halides is 3. The van der Waals surface area contributed by atoms with E-state index in [9.17, 15) is 18.0 Å². The summed E-state index contributed by atoms with van der Waals surface area (Å²) in [5, 5.41) is 0. The molecule has 76 valence electrons. The average Bonchev–Trinajstić information content (AvgIpc) is 1.94. The summed E-state index contributed by atoms with van der Waals surface area (Å²) in [6.07, 6.45) is -3.73. The summed E-state index contributed by atoms with van der Waals surface area (Å²) in [6.45, 7) is -1.17. The third-order valence-electron chi connectivity index (χ3n) is 1.91. The van der Waals surface area contributed by atoms with Gasteiger partial charge in [0, 0.05) is 19.0 Å². The molecule has 1 rings (SSSR count). The summed E-state index contributed by atoms with van der Waals surface area (Å²) in [4.78, 5) is 11.8. The van der Waals surface area contributed by atoms with Gasteiger partial charge in [-0.2, -0.15) is 13.2 Å². The van der Waals surface area contributed by atoms with E-state index in [0.29, 0.717) is 6.42 Å². The summed E-state index contributed by atoms with van der Waals surface area (Å²) in [7, 11) is 0. The molecule has 0 saturated carbocycles. The smallest absolute Gasteiger partial charge is 0.332 e. The van der Waals surface area contributed by atoms with Crippen LogP contribution in [-0.4, -0.2) is 36.1 Å². The number of carbonyl (C=O) groups excluding carboxylic acids is 1. The van der Waals surface area contributed by atoms with E-state index in [1.165, 1.54) is 0 Å². The molecule has 1 fully saturated rings. The van der Waals surface area contributed by atoms with Crippen molar-refractivity contribution >= 4 is 5.91 Å². The quantitative estimate of drug-likeness (QED) is 0.663. The van der Waals surface area contributed by atoms with Crippen molar-refractivity contribution in [3.05, 3.63) is 0 Å². The zero-order valence-corrected chi connectivity index (χ0v) is 6.97. The molecule has 0 aromatic heterocycles. The van der Waals surface area contributed by atoms with Crippen LogP contribution in [0.2, 0.25) is 0 Å². The largest absolute Gasteiger partial charge is 0.406 e. The molecule has 1 aliphatic rings. The number of piperidine rings is 1. The van der Waals surface area contributed by atoms with Crippen LogP contribution < -0.4 is 5.73 Å². The van der Waals surface area contributed by atoms with Crippen molar-refractivity contribution in [1.29, 1.82) is 0 Å². The molecule has 2 N–H and O–H groups in total. The first kappa shape index (κ1) is 10.3. The summed E-state index contributed by atoms with van der Waals surface area (Å²) in [5.74, 6) is -0.459. The number of carbonyl (C=O) groups is 1. The van der Waals surface area contributed by atoms with E-state index in [2.05, 4.69) is 0 Å². The molecule has 1 heterocycles. The third kappa shape index (κ3) is 3.22. The molecule has 0 aliphatic carbocycles. The number of nitrogens with two attached hydrogens (primary N) is 1. The van der Waals surface area contributed by atoms with Gasteiger partial charge in [-0.25, -0.2) is 0 Å². The predicted molar refractivity (Wildman–Crippen MR) is 39.8 cm³/mol. The maximum atomic E-state index is 11.9. The van der Waals surface area contributed by atoms with Gasteiger partial charge >= 0.3 is 6.18 Å². The summed E-state index contributed by atoms with van der Waals surface area (Å²) in [6, 6.07) is -0.319. The van der Waals surface area contributed by atoms with Crippen molar-refractivity contribution in [3.8, 4) is 0 Å². The van der Waals surface area contributed by atoms with Crippen molar-refractivity contribution in [2.75, 3.05) is 13.1 Å². The van der Waals surface area contributed by atoms with Crippen LogP contribution in [0, 0.1) is 0 Å². The molecule has 1 amide bonds. The number of halogens is 3. The maximum absolute atomic E-state index is 11.9. The Morgan fingerprint density at radius 1 is 1.54 bits per heavy atom. The molecule has 13 heavy (non-hydrogen) atoms. The molecule has 0 spiro atoms. The van der Waals surface area contributed by atoms with Gasteiger partial charge in [0.15, 0.2) is 0 Å². The Labute approximate surface area is 73.7 Å². The van der Waals surface area contributed by atoms with Gasteiger partial charge in [-0.3, -0.25) is 4.79 Å². The van der Waals surface area contributed by atoms with E-state index in [0.717, 1.165) is 4.90 Å². The lowest BCUT2D eigenvalue weighted by atomic mass is 10.1. The highest BCUT2D eigenvalue weighted by Crippen LogP contribution is 2.19. The molecule has 1 saturated heterocycles. The number of hydrogen-bond donors (Lipinski definition) is 1. The van der Waals surface area contributed by atoms with Gasteiger partial charge in [-0.15, -0.1) is 0 Å². The number of amides is 1. The number of likely N-dealkylation sites (tertiary alicyclic amines) is 1. The van der Waals surface area contributed by atoms with Crippen LogP contribution in [0.25, 0.3) is 0 Å². The Balaban J connectivity index is 2.52. The van der Waals surface area contributed by atoms with Gasteiger partial charge in [-0.05, 0) is 6.42 Å². The minimum absolute atomic E-state index is 0.0122. The standard InChI is InChI=1S/C7H11F3N2O/c8-7(9,10)4-12-3-5(11)1-2-6(12)13/h5H,1-4,11H2. The lowest BCUT2D eigenvalue weighted by molar-refractivity contribution is -0.163. The first-order chi connectivity index (χ1) is 5.88. The van der Waals surface area contributed by atoms with Crippen LogP contribution >= 0.6 is 0 Å². The molecule has 0 radical (unpaired) electrons. The topological polar surface area (TPSA) is 46.3 Å². The second-order valence-electron chi connectivity index (χ2n) is 3.19. The fourth-order valence-electron chi connectivity index (χ4n) is 1.31. The Bertz CT molecular complexity index is 204. The number of nitrogens with zero attached hydrogens (tertiary/aromatic N) is 1. The summed E-state index contributed by atoms with van der Waals surface area (Å²) >= 11 is 0. The van der Waals surface area contributed by atoms with Gasteiger partial charge < -0.3 is 10.6 Å². The minimum atomic E-state index is -4.33. The van der Waals surface area contributed by atoms with E-state index >= 15 is 0 Å². The highest BCUT2D eigenvalue weighted by atomic mass is 19.4. The molecule has 3 nitrogen and oxygen atoms in total. The zero-order valence-electron chi connectivity index (χ0n) is 6.97. The lowest BCUT2D eigenvalue weighted by Gasteiger charge is -2.31. The molecule has 1 atom stereocenters. The molecule has 1 unspecified atom stereocenters. The van der Waals surface area contributed by atoms with Crippen LogP contribution in [0.15, 0.2) is 0 Å². The molecule has 0 bridgehead atoms. The molecule has 6 heteroatoms. The van der Waals surface area contributed by atoms with Crippen molar-refractivity contribution in [3.63, 3.8) is 0 Å². The fraction of sp³-hybridized carbons (Fsp3) is 0.857. The van der Waals surface area contributed by atoms with Gasteiger partial charge in [-0.1, -0.05) is 0 Å². The molecular weight excluding hydrogens is 185 g/mol. The number of rotatable bonds is 1. The van der Waals surface area contributed by atoms with Crippen LogP contribution in [0.3, 0.4) is 0 Å². The lowest BCUT2D eigenvalue weighted by Crippen LogP contribution is -2.49. The van der Waals surface area contributed by atoms with Crippen molar-refractivity contribution in [2.45, 2.75) is 25.1 Å². The normalized spacial score (nSPS) is 25.1. The van der Waals surface area contributed by atoms with Gasteiger partial charge in [0.25, 0.3) is 0 Å². The van der Waals surface area contributed by atoms with Crippen LogP contribution in [0.5, 0.6) is 0 Å². The van der Waals surface area contributed by atoms with E-state index in [4.69, 9.17) is 5.73 Å². The molecule has 0 aromatic carbocycles. The third-order valence-corrected chi connectivity index (χ3v) is 1.91. The Kier molecular flexibility index (Phi) is 2.80. The van der Waals surface area contributed by atoms with E-state index < -0.39 is 18.6 Å². The van der Waals surface area contributed by atoms with Gasteiger partial charge in [0.1, 0.15) is 6.54 Å². The Morgan fingerprint density at radius 3 is 2.69 bits per heavy atom. The molecule has 1 aliphatic heterocycles. The number of hydrogen-bond acceptors (Lipinski definition) is 2. The SMILES string of the molecule is NC1CCC(=O)N(CC(F)(F)F)C1. The van der Waals surface area contributed by atoms with Crippen LogP contribution in [0.4, 0.5) is 13.2 Å². The van der Waals surface area contributed by atoms with E-state index in [-0.39, 0.29) is 19.0 Å². The van der Waals surface area contributed by atoms with Crippen molar-refractivity contribution < 1.29 is 18.0 Å². The van der Waals surface area contributed by atoms with Crippen LogP contribution in [0.1, 0.15) is 12.8 Å². The average molecular weight is 196 g/mol. The minimum Gasteiger partial charge on any atom is -0.332 e. The highest BCUT2D eigenvalue weighted by molar-refractivity contribution is 5.77. The fourth-order valence-corrected chi connectivity index (χ4v) is 1.31. The first-order valence-electron chi connectivity index (χ1n) is 3.98. The Morgan fingerprint density at radius 2 is 2.15 bits per heavy atom.